The Kier molecular flexibility index (Phi) is 5.63. The first-order valence-electron chi connectivity index (χ1n) is 8.28. The topological polar surface area (TPSA) is 69.9 Å². The normalized spacial score (nSPS) is 10.5. The Labute approximate surface area is 151 Å². The number of ether oxygens (including phenoxy) is 3. The molecule has 0 fully saturated rings. The molecule has 136 valence electrons. The average Bonchev–Trinajstić information content (AvgIpc) is 3.07. The summed E-state index contributed by atoms with van der Waals surface area (Å²) in [5, 5.41) is 3.75. The average molecular weight is 355 g/mol. The number of nitrogens with one attached hydrogen (secondary N) is 1. The van der Waals surface area contributed by atoms with Gasteiger partial charge >= 0.3 is 0 Å². The molecule has 1 amide bonds. The first-order chi connectivity index (χ1) is 12.7. The molecule has 0 spiro atoms. The van der Waals surface area contributed by atoms with Crippen molar-refractivity contribution in [2.45, 2.75) is 6.42 Å². The zero-order valence-electron chi connectivity index (χ0n) is 14.8. The number of carbonyl (C=O) groups excluding carboxylic acids is 1. The number of hydrogen-bond acceptors (Lipinski definition) is 5. The third kappa shape index (κ3) is 4.08. The fourth-order valence-corrected chi connectivity index (χ4v) is 2.65. The molecule has 0 atom stereocenters. The molecule has 1 heterocycles. The van der Waals surface area contributed by atoms with Crippen molar-refractivity contribution in [3.63, 3.8) is 0 Å². The van der Waals surface area contributed by atoms with Crippen molar-refractivity contribution in [1.82, 2.24) is 5.32 Å². The number of methoxy groups -OCH3 is 2. The SMILES string of the molecule is COc1ccc2c(CC(=O)NCCOc3ccccc3OC)coc2c1. The first-order valence-corrected chi connectivity index (χ1v) is 8.28. The molecule has 0 unspecified atom stereocenters. The van der Waals surface area contributed by atoms with Crippen LogP contribution in [0, 0.1) is 0 Å². The highest BCUT2D eigenvalue weighted by atomic mass is 16.5. The number of fused-ring (bicyclic) bond motifs is 1. The molecule has 26 heavy (non-hydrogen) atoms. The van der Waals surface area contributed by atoms with Gasteiger partial charge in [0.15, 0.2) is 11.5 Å². The lowest BCUT2D eigenvalue weighted by molar-refractivity contribution is -0.120. The molecule has 0 radical (unpaired) electrons. The monoisotopic (exact) mass is 355 g/mol. The summed E-state index contributed by atoms with van der Waals surface area (Å²) in [4.78, 5) is 12.2. The van der Waals surface area contributed by atoms with Gasteiger partial charge in [-0.25, -0.2) is 0 Å². The van der Waals surface area contributed by atoms with Crippen LogP contribution in [0.3, 0.4) is 0 Å². The summed E-state index contributed by atoms with van der Waals surface area (Å²) < 4.78 is 21.5. The van der Waals surface area contributed by atoms with Crippen LogP contribution in [-0.2, 0) is 11.2 Å². The van der Waals surface area contributed by atoms with E-state index >= 15 is 0 Å². The Morgan fingerprint density at radius 2 is 1.88 bits per heavy atom. The molecule has 3 rings (SSSR count). The molecule has 1 N–H and O–H groups in total. The van der Waals surface area contributed by atoms with E-state index in [1.807, 2.05) is 36.4 Å². The van der Waals surface area contributed by atoms with Crippen LogP contribution in [0.1, 0.15) is 5.56 Å². The van der Waals surface area contributed by atoms with E-state index in [-0.39, 0.29) is 12.3 Å². The van der Waals surface area contributed by atoms with Crippen molar-refractivity contribution in [3.05, 3.63) is 54.3 Å². The standard InChI is InChI=1S/C20H21NO5/c1-23-15-7-8-16-14(13-26-19(16)12-15)11-20(22)21-9-10-25-18-6-4-3-5-17(18)24-2/h3-8,12-13H,9-11H2,1-2H3,(H,21,22). The summed E-state index contributed by atoms with van der Waals surface area (Å²) in [7, 11) is 3.19. The smallest absolute Gasteiger partial charge is 0.224 e. The molecule has 6 heteroatoms. The van der Waals surface area contributed by atoms with Gasteiger partial charge in [-0.1, -0.05) is 12.1 Å². The zero-order valence-corrected chi connectivity index (χ0v) is 14.8. The minimum atomic E-state index is -0.0906. The van der Waals surface area contributed by atoms with E-state index in [1.165, 1.54) is 0 Å². The minimum absolute atomic E-state index is 0.0906. The largest absolute Gasteiger partial charge is 0.497 e. The summed E-state index contributed by atoms with van der Waals surface area (Å²) in [6.45, 7) is 0.760. The number of para-hydroxylation sites is 2. The molecular formula is C20H21NO5. The van der Waals surface area contributed by atoms with Crippen LogP contribution in [0.25, 0.3) is 11.0 Å². The van der Waals surface area contributed by atoms with Crippen LogP contribution in [-0.4, -0.2) is 33.3 Å². The maximum absolute atomic E-state index is 12.2. The molecule has 0 saturated heterocycles. The van der Waals surface area contributed by atoms with Crippen LogP contribution in [0.15, 0.2) is 53.1 Å². The molecule has 0 aliphatic rings. The molecule has 2 aromatic carbocycles. The fraction of sp³-hybridized carbons (Fsp3) is 0.250. The van der Waals surface area contributed by atoms with E-state index < -0.39 is 0 Å². The zero-order chi connectivity index (χ0) is 18.4. The predicted octanol–water partition coefficient (Wildman–Crippen LogP) is 3.19. The van der Waals surface area contributed by atoms with Crippen LogP contribution >= 0.6 is 0 Å². The van der Waals surface area contributed by atoms with E-state index in [1.54, 1.807) is 26.5 Å². The second kappa shape index (κ2) is 8.29. The maximum Gasteiger partial charge on any atom is 0.224 e. The number of carbonyl (C=O) groups is 1. The maximum atomic E-state index is 12.2. The van der Waals surface area contributed by atoms with Gasteiger partial charge in [0.25, 0.3) is 0 Å². The first kappa shape index (κ1) is 17.7. The number of furan rings is 1. The Morgan fingerprint density at radius 3 is 2.65 bits per heavy atom. The van der Waals surface area contributed by atoms with Gasteiger partial charge in [0.05, 0.1) is 33.4 Å². The van der Waals surface area contributed by atoms with Crippen LogP contribution in [0.2, 0.25) is 0 Å². The van der Waals surface area contributed by atoms with Gasteiger partial charge < -0.3 is 23.9 Å². The van der Waals surface area contributed by atoms with E-state index in [2.05, 4.69) is 5.32 Å². The Morgan fingerprint density at radius 1 is 1.08 bits per heavy atom. The lowest BCUT2D eigenvalue weighted by Crippen LogP contribution is -2.29. The molecule has 3 aromatic rings. The van der Waals surface area contributed by atoms with Crippen molar-refractivity contribution in [2.75, 3.05) is 27.4 Å². The van der Waals surface area contributed by atoms with E-state index in [0.717, 1.165) is 16.7 Å². The Balaban J connectivity index is 1.50. The van der Waals surface area contributed by atoms with Crippen molar-refractivity contribution >= 4 is 16.9 Å². The molecule has 0 aliphatic carbocycles. The highest BCUT2D eigenvalue weighted by molar-refractivity contribution is 5.88. The van der Waals surface area contributed by atoms with Crippen LogP contribution < -0.4 is 19.5 Å². The fourth-order valence-electron chi connectivity index (χ4n) is 2.65. The van der Waals surface area contributed by atoms with Crippen LogP contribution in [0.5, 0.6) is 17.2 Å². The lowest BCUT2D eigenvalue weighted by Gasteiger charge is -2.10. The highest BCUT2D eigenvalue weighted by Gasteiger charge is 2.11. The van der Waals surface area contributed by atoms with Crippen molar-refractivity contribution in [1.29, 1.82) is 0 Å². The van der Waals surface area contributed by atoms with Gasteiger partial charge in [-0.2, -0.15) is 0 Å². The van der Waals surface area contributed by atoms with Gasteiger partial charge in [-0.3, -0.25) is 4.79 Å². The quantitative estimate of drug-likeness (QED) is 0.629. The molecule has 0 saturated carbocycles. The van der Waals surface area contributed by atoms with Gasteiger partial charge in [-0.05, 0) is 24.3 Å². The third-order valence-corrected chi connectivity index (χ3v) is 3.96. The van der Waals surface area contributed by atoms with E-state index in [4.69, 9.17) is 18.6 Å². The third-order valence-electron chi connectivity index (χ3n) is 3.96. The number of amides is 1. The van der Waals surface area contributed by atoms with Gasteiger partial charge in [0.2, 0.25) is 5.91 Å². The Bertz CT molecular complexity index is 887. The van der Waals surface area contributed by atoms with E-state index in [9.17, 15) is 4.79 Å². The number of rotatable bonds is 8. The lowest BCUT2D eigenvalue weighted by atomic mass is 10.1. The van der Waals surface area contributed by atoms with E-state index in [0.29, 0.717) is 30.2 Å². The van der Waals surface area contributed by atoms with Crippen molar-refractivity contribution < 1.29 is 23.4 Å². The molecule has 0 aliphatic heterocycles. The van der Waals surface area contributed by atoms with Crippen molar-refractivity contribution in [2.24, 2.45) is 0 Å². The Hall–Kier alpha value is -3.15. The molecule has 1 aromatic heterocycles. The van der Waals surface area contributed by atoms with Crippen LogP contribution in [0.4, 0.5) is 0 Å². The number of hydrogen-bond donors (Lipinski definition) is 1. The summed E-state index contributed by atoms with van der Waals surface area (Å²) in [5.41, 5.74) is 1.54. The second-order valence-electron chi connectivity index (χ2n) is 5.65. The minimum Gasteiger partial charge on any atom is -0.497 e. The summed E-state index contributed by atoms with van der Waals surface area (Å²) >= 11 is 0. The van der Waals surface area contributed by atoms with Gasteiger partial charge in [0.1, 0.15) is 17.9 Å². The number of benzene rings is 2. The van der Waals surface area contributed by atoms with Gasteiger partial charge in [0, 0.05) is 17.0 Å². The molecular weight excluding hydrogens is 334 g/mol. The summed E-state index contributed by atoms with van der Waals surface area (Å²) in [6, 6.07) is 12.9. The summed E-state index contributed by atoms with van der Waals surface area (Å²) in [6.07, 6.45) is 1.85. The van der Waals surface area contributed by atoms with Gasteiger partial charge in [-0.15, -0.1) is 0 Å². The predicted molar refractivity (Wildman–Crippen MR) is 98.0 cm³/mol. The second-order valence-corrected chi connectivity index (χ2v) is 5.65. The van der Waals surface area contributed by atoms with Crippen molar-refractivity contribution in [3.8, 4) is 17.2 Å². The molecule has 0 bridgehead atoms. The summed E-state index contributed by atoms with van der Waals surface area (Å²) in [5.74, 6) is 1.95. The highest BCUT2D eigenvalue weighted by Crippen LogP contribution is 2.26. The molecule has 6 nitrogen and oxygen atoms in total.